The average Bonchev–Trinajstić information content (AvgIpc) is 2.57. The summed E-state index contributed by atoms with van der Waals surface area (Å²) in [5.41, 5.74) is 1.27. The van der Waals surface area contributed by atoms with Crippen LogP contribution in [0.2, 0.25) is 0 Å². The summed E-state index contributed by atoms with van der Waals surface area (Å²) in [6.07, 6.45) is 0. The molecule has 0 saturated carbocycles. The average molecular weight is 255 g/mol. The summed E-state index contributed by atoms with van der Waals surface area (Å²) >= 11 is 1.79. The number of nitrogens with one attached hydrogen (secondary N) is 1. The lowest BCUT2D eigenvalue weighted by molar-refractivity contribution is -0.144. The van der Waals surface area contributed by atoms with E-state index in [0.29, 0.717) is 6.54 Å². The van der Waals surface area contributed by atoms with Crippen molar-refractivity contribution in [2.24, 2.45) is 5.92 Å². The molecular weight excluding hydrogens is 234 g/mol. The first-order chi connectivity index (χ1) is 7.95. The Bertz CT molecular complexity index is 385. The molecule has 1 aromatic heterocycles. The summed E-state index contributed by atoms with van der Waals surface area (Å²) in [5, 5.41) is 3.27. The second kappa shape index (κ2) is 6.17. The molecule has 17 heavy (non-hydrogen) atoms. The summed E-state index contributed by atoms with van der Waals surface area (Å²) in [6.45, 7) is 8.95. The van der Waals surface area contributed by atoms with E-state index in [-0.39, 0.29) is 17.9 Å². The van der Waals surface area contributed by atoms with Crippen molar-refractivity contribution in [1.29, 1.82) is 0 Å². The molecule has 0 bridgehead atoms. The van der Waals surface area contributed by atoms with Crippen LogP contribution in [-0.4, -0.2) is 19.1 Å². The van der Waals surface area contributed by atoms with Crippen molar-refractivity contribution in [1.82, 2.24) is 5.32 Å². The first-order valence-corrected chi connectivity index (χ1v) is 6.64. The van der Waals surface area contributed by atoms with Crippen LogP contribution in [0.1, 0.15) is 29.2 Å². The highest BCUT2D eigenvalue weighted by molar-refractivity contribution is 7.12. The van der Waals surface area contributed by atoms with Gasteiger partial charge in [-0.1, -0.05) is 13.8 Å². The van der Waals surface area contributed by atoms with E-state index in [1.165, 1.54) is 22.4 Å². The molecule has 1 unspecified atom stereocenters. The van der Waals surface area contributed by atoms with E-state index < -0.39 is 0 Å². The van der Waals surface area contributed by atoms with E-state index in [0.717, 1.165) is 0 Å². The van der Waals surface area contributed by atoms with Gasteiger partial charge in [-0.15, -0.1) is 11.3 Å². The number of esters is 1. The molecule has 1 N–H and O–H groups in total. The number of hydrogen-bond donors (Lipinski definition) is 1. The van der Waals surface area contributed by atoms with Crippen LogP contribution in [0.5, 0.6) is 0 Å². The Morgan fingerprint density at radius 3 is 2.53 bits per heavy atom. The van der Waals surface area contributed by atoms with Gasteiger partial charge in [0.15, 0.2) is 0 Å². The maximum Gasteiger partial charge on any atom is 0.323 e. The van der Waals surface area contributed by atoms with Gasteiger partial charge in [0, 0.05) is 16.3 Å². The third-order valence-corrected chi connectivity index (χ3v) is 3.79. The fraction of sp³-hybridized carbons (Fsp3) is 0.615. The van der Waals surface area contributed by atoms with Crippen LogP contribution in [0.4, 0.5) is 0 Å². The second-order valence-electron chi connectivity index (χ2n) is 4.56. The maximum atomic E-state index is 11.6. The topological polar surface area (TPSA) is 38.3 Å². The van der Waals surface area contributed by atoms with Crippen LogP contribution in [0.25, 0.3) is 0 Å². The lowest BCUT2D eigenvalue weighted by atomic mass is 10.0. The predicted octanol–water partition coefficient (Wildman–Crippen LogP) is 2.65. The smallest absolute Gasteiger partial charge is 0.323 e. The van der Waals surface area contributed by atoms with Crippen molar-refractivity contribution in [2.45, 2.75) is 40.3 Å². The number of ether oxygens (including phenoxy) is 1. The van der Waals surface area contributed by atoms with Crippen LogP contribution < -0.4 is 5.32 Å². The number of methoxy groups -OCH3 is 1. The molecule has 3 nitrogen and oxygen atoms in total. The molecule has 0 aromatic carbocycles. The second-order valence-corrected chi connectivity index (χ2v) is 6.02. The molecule has 1 rings (SSSR count). The van der Waals surface area contributed by atoms with Crippen LogP contribution in [-0.2, 0) is 16.1 Å². The minimum absolute atomic E-state index is 0.190. The highest BCUT2D eigenvalue weighted by atomic mass is 32.1. The zero-order chi connectivity index (χ0) is 13.0. The zero-order valence-corrected chi connectivity index (χ0v) is 12.0. The van der Waals surface area contributed by atoms with Gasteiger partial charge in [0.2, 0.25) is 0 Å². The molecule has 0 fully saturated rings. The van der Waals surface area contributed by atoms with Crippen molar-refractivity contribution >= 4 is 17.3 Å². The number of carbonyl (C=O) groups is 1. The van der Waals surface area contributed by atoms with Crippen LogP contribution in [0, 0.1) is 19.8 Å². The van der Waals surface area contributed by atoms with Crippen LogP contribution >= 0.6 is 11.3 Å². The molecular formula is C13H21NO2S. The first-order valence-electron chi connectivity index (χ1n) is 5.82. The van der Waals surface area contributed by atoms with Crippen molar-refractivity contribution in [2.75, 3.05) is 7.11 Å². The van der Waals surface area contributed by atoms with Gasteiger partial charge in [0.1, 0.15) is 6.04 Å². The highest BCUT2D eigenvalue weighted by Crippen LogP contribution is 2.20. The molecule has 0 aliphatic heterocycles. The Labute approximate surface area is 107 Å². The van der Waals surface area contributed by atoms with Crippen molar-refractivity contribution in [3.63, 3.8) is 0 Å². The largest absolute Gasteiger partial charge is 0.468 e. The lowest BCUT2D eigenvalue weighted by Crippen LogP contribution is -2.41. The summed E-state index contributed by atoms with van der Waals surface area (Å²) in [7, 11) is 1.43. The Balaban J connectivity index is 2.64. The van der Waals surface area contributed by atoms with E-state index in [9.17, 15) is 4.79 Å². The van der Waals surface area contributed by atoms with E-state index in [2.05, 4.69) is 25.2 Å². The van der Waals surface area contributed by atoms with Crippen molar-refractivity contribution in [3.05, 3.63) is 21.4 Å². The van der Waals surface area contributed by atoms with Gasteiger partial charge >= 0.3 is 5.97 Å². The van der Waals surface area contributed by atoms with Gasteiger partial charge in [0.05, 0.1) is 7.11 Å². The fourth-order valence-corrected chi connectivity index (χ4v) is 2.74. The normalized spacial score (nSPS) is 12.8. The van der Waals surface area contributed by atoms with Gasteiger partial charge in [-0.2, -0.15) is 0 Å². The van der Waals surface area contributed by atoms with Gasteiger partial charge < -0.3 is 10.1 Å². The quantitative estimate of drug-likeness (QED) is 0.822. The molecule has 0 aliphatic carbocycles. The Morgan fingerprint density at radius 2 is 2.12 bits per heavy atom. The van der Waals surface area contributed by atoms with Crippen molar-refractivity contribution in [3.8, 4) is 0 Å². The van der Waals surface area contributed by atoms with E-state index in [1.807, 2.05) is 13.8 Å². The molecule has 0 radical (unpaired) electrons. The number of carbonyl (C=O) groups excluding carboxylic acids is 1. The van der Waals surface area contributed by atoms with Gasteiger partial charge in [-0.3, -0.25) is 4.79 Å². The molecule has 4 heteroatoms. The summed E-state index contributed by atoms with van der Waals surface area (Å²) in [5.74, 6) is 0.0343. The third-order valence-electron chi connectivity index (χ3n) is 2.78. The molecule has 1 atom stereocenters. The fourth-order valence-electron chi connectivity index (χ4n) is 1.80. The number of aryl methyl sites for hydroxylation is 2. The Kier molecular flexibility index (Phi) is 5.15. The van der Waals surface area contributed by atoms with Gasteiger partial charge in [-0.05, 0) is 31.4 Å². The maximum absolute atomic E-state index is 11.6. The summed E-state index contributed by atoms with van der Waals surface area (Å²) in [4.78, 5) is 14.2. The van der Waals surface area contributed by atoms with E-state index >= 15 is 0 Å². The van der Waals surface area contributed by atoms with Crippen LogP contribution in [0.3, 0.4) is 0 Å². The van der Waals surface area contributed by atoms with Gasteiger partial charge in [0.25, 0.3) is 0 Å². The highest BCUT2D eigenvalue weighted by Gasteiger charge is 2.22. The van der Waals surface area contributed by atoms with Gasteiger partial charge in [-0.25, -0.2) is 0 Å². The molecule has 0 spiro atoms. The summed E-state index contributed by atoms with van der Waals surface area (Å²) in [6, 6.07) is 1.93. The molecule has 1 heterocycles. The zero-order valence-electron chi connectivity index (χ0n) is 11.2. The Hall–Kier alpha value is -0.870. The number of hydrogen-bond acceptors (Lipinski definition) is 4. The van der Waals surface area contributed by atoms with E-state index in [4.69, 9.17) is 4.74 Å². The molecule has 0 aliphatic rings. The third kappa shape index (κ3) is 3.82. The minimum Gasteiger partial charge on any atom is -0.468 e. The molecule has 0 saturated heterocycles. The minimum atomic E-state index is -0.236. The molecule has 1 aromatic rings. The number of rotatable bonds is 5. The first kappa shape index (κ1) is 14.2. The van der Waals surface area contributed by atoms with E-state index in [1.54, 1.807) is 11.3 Å². The Morgan fingerprint density at radius 1 is 1.47 bits per heavy atom. The number of thiophene rings is 1. The summed E-state index contributed by atoms with van der Waals surface area (Å²) < 4.78 is 4.80. The lowest BCUT2D eigenvalue weighted by Gasteiger charge is -2.19. The SMILES string of the molecule is COC(=O)C(NCc1cc(C)sc1C)C(C)C. The van der Waals surface area contributed by atoms with Crippen molar-refractivity contribution < 1.29 is 9.53 Å². The monoisotopic (exact) mass is 255 g/mol. The standard InChI is InChI=1S/C13H21NO2S/c1-8(2)12(13(15)16-5)14-7-11-6-9(3)17-10(11)4/h6,8,12,14H,7H2,1-5H3. The predicted molar refractivity (Wildman–Crippen MR) is 71.3 cm³/mol. The molecule has 0 amide bonds. The van der Waals surface area contributed by atoms with Crippen LogP contribution in [0.15, 0.2) is 6.07 Å². The molecule has 96 valence electrons.